The van der Waals surface area contributed by atoms with E-state index in [-0.39, 0.29) is 24.5 Å². The van der Waals surface area contributed by atoms with Gasteiger partial charge in [0.1, 0.15) is 0 Å². The van der Waals surface area contributed by atoms with Gasteiger partial charge in [0, 0.05) is 32.8 Å². The van der Waals surface area contributed by atoms with E-state index >= 15 is 0 Å². The molecule has 0 aromatic rings. The molecular weight excluding hydrogens is 256 g/mol. The minimum Gasteiger partial charge on any atom is -0.381 e. The minimum atomic E-state index is -3.28. The van der Waals surface area contributed by atoms with Crippen LogP contribution in [0.15, 0.2) is 0 Å². The van der Waals surface area contributed by atoms with Crippen molar-refractivity contribution in [2.45, 2.75) is 31.9 Å². The summed E-state index contributed by atoms with van der Waals surface area (Å²) in [5.74, 6) is 0.0228. The largest absolute Gasteiger partial charge is 0.381 e. The summed E-state index contributed by atoms with van der Waals surface area (Å²) in [6.07, 6.45) is 1.50. The summed E-state index contributed by atoms with van der Waals surface area (Å²) in [5, 5.41) is 0. The average molecular weight is 280 g/mol. The Hall–Kier alpha value is -0.210. The molecule has 1 aliphatic heterocycles. The maximum atomic E-state index is 12.2. The van der Waals surface area contributed by atoms with Crippen LogP contribution in [-0.2, 0) is 19.5 Å². The van der Waals surface area contributed by atoms with Crippen molar-refractivity contribution in [3.8, 4) is 0 Å². The summed E-state index contributed by atoms with van der Waals surface area (Å²) >= 11 is 0. The van der Waals surface area contributed by atoms with Crippen LogP contribution in [0.1, 0.15) is 19.8 Å². The Kier molecular flexibility index (Phi) is 6.51. The molecular formula is C11H24N2O4S. The first-order valence-corrected chi connectivity index (χ1v) is 7.96. The van der Waals surface area contributed by atoms with E-state index in [4.69, 9.17) is 15.2 Å². The normalized spacial score (nSPS) is 26.4. The van der Waals surface area contributed by atoms with Crippen LogP contribution in [0.4, 0.5) is 0 Å². The number of hydrogen-bond acceptors (Lipinski definition) is 5. The van der Waals surface area contributed by atoms with E-state index in [1.807, 2.05) is 6.92 Å². The highest BCUT2D eigenvalue weighted by molar-refractivity contribution is 7.89. The number of hydrogen-bond donors (Lipinski definition) is 1. The van der Waals surface area contributed by atoms with Crippen molar-refractivity contribution in [2.75, 3.05) is 39.2 Å². The quantitative estimate of drug-likeness (QED) is 0.653. The topological polar surface area (TPSA) is 81.9 Å². The first-order valence-electron chi connectivity index (χ1n) is 6.35. The lowest BCUT2D eigenvalue weighted by Gasteiger charge is -2.37. The Morgan fingerprint density at radius 1 is 1.44 bits per heavy atom. The maximum Gasteiger partial charge on any atom is 0.216 e. The smallest absolute Gasteiger partial charge is 0.216 e. The van der Waals surface area contributed by atoms with E-state index in [1.54, 1.807) is 7.11 Å². The van der Waals surface area contributed by atoms with Gasteiger partial charge in [-0.3, -0.25) is 0 Å². The molecule has 0 bridgehead atoms. The summed E-state index contributed by atoms with van der Waals surface area (Å²) in [4.78, 5) is 0. The highest BCUT2D eigenvalue weighted by Crippen LogP contribution is 2.22. The second-order valence-corrected chi connectivity index (χ2v) is 6.44. The summed E-state index contributed by atoms with van der Waals surface area (Å²) in [6, 6.07) is -0.157. The van der Waals surface area contributed by atoms with Crippen LogP contribution in [0.25, 0.3) is 0 Å². The number of nitrogens with zero attached hydrogens (tertiary/aromatic N) is 1. The van der Waals surface area contributed by atoms with Crippen molar-refractivity contribution < 1.29 is 17.9 Å². The van der Waals surface area contributed by atoms with Crippen LogP contribution >= 0.6 is 0 Å². The van der Waals surface area contributed by atoms with Gasteiger partial charge in [-0.15, -0.1) is 0 Å². The molecule has 2 atom stereocenters. The van der Waals surface area contributed by atoms with Crippen LogP contribution in [0.2, 0.25) is 0 Å². The van der Waals surface area contributed by atoms with E-state index in [2.05, 4.69) is 0 Å². The van der Waals surface area contributed by atoms with Crippen molar-refractivity contribution >= 4 is 10.0 Å². The van der Waals surface area contributed by atoms with Crippen molar-refractivity contribution in [1.82, 2.24) is 4.31 Å². The molecule has 1 fully saturated rings. The molecule has 7 heteroatoms. The summed E-state index contributed by atoms with van der Waals surface area (Å²) in [7, 11) is -1.63. The fraction of sp³-hybridized carbons (Fsp3) is 1.00. The highest BCUT2D eigenvalue weighted by atomic mass is 32.2. The number of rotatable bonds is 7. The van der Waals surface area contributed by atoms with Crippen LogP contribution in [0, 0.1) is 0 Å². The van der Waals surface area contributed by atoms with E-state index < -0.39 is 10.0 Å². The van der Waals surface area contributed by atoms with E-state index in [0.29, 0.717) is 26.1 Å². The Morgan fingerprint density at radius 3 is 2.72 bits per heavy atom. The van der Waals surface area contributed by atoms with E-state index in [9.17, 15) is 8.42 Å². The van der Waals surface area contributed by atoms with Crippen LogP contribution in [-0.4, -0.2) is 64.0 Å². The minimum absolute atomic E-state index is 0.0228. The summed E-state index contributed by atoms with van der Waals surface area (Å²) in [5.41, 5.74) is 5.67. The van der Waals surface area contributed by atoms with E-state index in [0.717, 1.165) is 6.42 Å². The van der Waals surface area contributed by atoms with Crippen LogP contribution < -0.4 is 5.73 Å². The predicted molar refractivity (Wildman–Crippen MR) is 69.9 cm³/mol. The second kappa shape index (κ2) is 7.40. The fourth-order valence-electron chi connectivity index (χ4n) is 2.21. The molecule has 0 radical (unpaired) electrons. The third-order valence-corrected chi connectivity index (χ3v) is 5.14. The highest BCUT2D eigenvalue weighted by Gasteiger charge is 2.34. The Labute approximate surface area is 109 Å². The number of ether oxygens (including phenoxy) is 2. The van der Waals surface area contributed by atoms with E-state index in [1.165, 1.54) is 4.31 Å². The number of nitrogens with two attached hydrogens (primary N) is 1. The molecule has 108 valence electrons. The third-order valence-electron chi connectivity index (χ3n) is 3.27. The Bertz CT molecular complexity index is 334. The molecule has 2 unspecified atom stereocenters. The lowest BCUT2D eigenvalue weighted by molar-refractivity contribution is 0.0399. The van der Waals surface area contributed by atoms with Crippen molar-refractivity contribution in [1.29, 1.82) is 0 Å². The average Bonchev–Trinajstić information content (AvgIpc) is 2.38. The fourth-order valence-corrected chi connectivity index (χ4v) is 3.79. The SMILES string of the molecule is CCOCCS(=O)(=O)N1CCC(OC)CC1CN. The molecule has 1 rings (SSSR count). The summed E-state index contributed by atoms with van der Waals surface area (Å²) < 4.78 is 36.3. The van der Waals surface area contributed by atoms with Gasteiger partial charge in [-0.1, -0.05) is 0 Å². The zero-order valence-corrected chi connectivity index (χ0v) is 12.0. The first-order chi connectivity index (χ1) is 8.55. The third kappa shape index (κ3) is 4.17. The first kappa shape index (κ1) is 15.8. The summed E-state index contributed by atoms with van der Waals surface area (Å²) in [6.45, 7) is 3.42. The number of sulfonamides is 1. The van der Waals surface area contributed by atoms with Crippen LogP contribution in [0.3, 0.4) is 0 Å². The molecule has 0 spiro atoms. The van der Waals surface area contributed by atoms with Gasteiger partial charge < -0.3 is 15.2 Å². The zero-order chi connectivity index (χ0) is 13.6. The Balaban J connectivity index is 2.63. The molecule has 18 heavy (non-hydrogen) atoms. The Morgan fingerprint density at radius 2 is 2.17 bits per heavy atom. The molecule has 2 N–H and O–H groups in total. The number of methoxy groups -OCH3 is 1. The molecule has 1 aliphatic rings. The van der Waals surface area contributed by atoms with Gasteiger partial charge in [-0.25, -0.2) is 8.42 Å². The maximum absolute atomic E-state index is 12.2. The van der Waals surface area contributed by atoms with Gasteiger partial charge in [0.25, 0.3) is 0 Å². The van der Waals surface area contributed by atoms with Crippen molar-refractivity contribution in [3.63, 3.8) is 0 Å². The molecule has 0 saturated carbocycles. The molecule has 0 aliphatic carbocycles. The molecule has 1 saturated heterocycles. The van der Waals surface area contributed by atoms with Crippen molar-refractivity contribution in [2.24, 2.45) is 5.73 Å². The molecule has 0 aromatic carbocycles. The van der Waals surface area contributed by atoms with Crippen molar-refractivity contribution in [3.05, 3.63) is 0 Å². The predicted octanol–water partition coefficient (Wildman–Crippen LogP) is -0.209. The molecule has 1 heterocycles. The van der Waals surface area contributed by atoms with Gasteiger partial charge in [0.05, 0.1) is 18.5 Å². The molecule has 0 aromatic heterocycles. The van der Waals surface area contributed by atoms with Gasteiger partial charge >= 0.3 is 0 Å². The molecule has 0 amide bonds. The zero-order valence-electron chi connectivity index (χ0n) is 11.2. The lowest BCUT2D eigenvalue weighted by atomic mass is 10.0. The standard InChI is InChI=1S/C11H24N2O4S/c1-3-17-6-7-18(14,15)13-5-4-11(16-2)8-10(13)9-12/h10-11H,3-9,12H2,1-2H3. The monoisotopic (exact) mass is 280 g/mol. The number of piperidine rings is 1. The van der Waals surface area contributed by atoms with Gasteiger partial charge in [-0.05, 0) is 19.8 Å². The van der Waals surface area contributed by atoms with Crippen LogP contribution in [0.5, 0.6) is 0 Å². The van der Waals surface area contributed by atoms with Gasteiger partial charge in [0.2, 0.25) is 10.0 Å². The second-order valence-electron chi connectivity index (χ2n) is 4.40. The van der Waals surface area contributed by atoms with Gasteiger partial charge in [0.15, 0.2) is 0 Å². The molecule has 6 nitrogen and oxygen atoms in total. The lowest BCUT2D eigenvalue weighted by Crippen LogP contribution is -2.52. The van der Waals surface area contributed by atoms with Gasteiger partial charge in [-0.2, -0.15) is 4.31 Å².